The quantitative estimate of drug-likeness (QED) is 0.248. The van der Waals surface area contributed by atoms with Gasteiger partial charge in [0.1, 0.15) is 0 Å². The predicted molar refractivity (Wildman–Crippen MR) is 153 cm³/mol. The maximum atomic E-state index is 13.6. The molecule has 0 aliphatic carbocycles. The first-order valence-electron chi connectivity index (χ1n) is 12.3. The van der Waals surface area contributed by atoms with Crippen molar-refractivity contribution in [2.75, 3.05) is 32.1 Å². The van der Waals surface area contributed by atoms with Crippen molar-refractivity contribution >= 4 is 31.6 Å². The van der Waals surface area contributed by atoms with E-state index in [0.717, 1.165) is 11.1 Å². The standard InChI is InChI=1S/C28H39ClN2O4S2/c1-8-30(36(32,33)27-23(4)17-21(2)18-24(27)5)14-11-12-16-31(15-10-9-13-29)37(34,35)28-25(6)19-22(3)20-26(28)7/h9-12,17-20H,8,13-16H2,1-7H3/b10-9-,12-11-. The molecule has 0 aliphatic rings. The van der Waals surface area contributed by atoms with Crippen LogP contribution in [0.2, 0.25) is 0 Å². The van der Waals surface area contributed by atoms with Gasteiger partial charge >= 0.3 is 0 Å². The number of nitrogens with zero attached hydrogens (tertiary/aromatic N) is 2. The van der Waals surface area contributed by atoms with Gasteiger partial charge in [0.05, 0.1) is 9.79 Å². The Kier molecular flexibility index (Phi) is 11.1. The monoisotopic (exact) mass is 566 g/mol. The molecular formula is C28H39ClN2O4S2. The maximum Gasteiger partial charge on any atom is 0.244 e. The van der Waals surface area contributed by atoms with E-state index in [9.17, 15) is 16.8 Å². The maximum absolute atomic E-state index is 13.6. The lowest BCUT2D eigenvalue weighted by atomic mass is 10.1. The molecule has 9 heteroatoms. The second-order valence-electron chi connectivity index (χ2n) is 9.33. The van der Waals surface area contributed by atoms with Crippen LogP contribution in [0.3, 0.4) is 0 Å². The number of hydrogen-bond acceptors (Lipinski definition) is 4. The molecule has 37 heavy (non-hydrogen) atoms. The minimum Gasteiger partial charge on any atom is -0.207 e. The number of hydrogen-bond donors (Lipinski definition) is 0. The number of halogens is 1. The summed E-state index contributed by atoms with van der Waals surface area (Å²) in [6.07, 6.45) is 6.85. The van der Waals surface area contributed by atoms with Gasteiger partial charge in [0.25, 0.3) is 0 Å². The molecule has 0 radical (unpaired) electrons. The third-order valence-electron chi connectivity index (χ3n) is 6.11. The Bertz CT molecular complexity index is 1330. The van der Waals surface area contributed by atoms with E-state index < -0.39 is 20.0 Å². The van der Waals surface area contributed by atoms with Crippen LogP contribution in [0.15, 0.2) is 58.4 Å². The number of sulfonamides is 2. The Morgan fingerprint density at radius 2 is 0.946 bits per heavy atom. The van der Waals surface area contributed by atoms with Crippen LogP contribution < -0.4 is 0 Å². The van der Waals surface area contributed by atoms with Crippen LogP contribution >= 0.6 is 11.6 Å². The molecule has 0 saturated carbocycles. The summed E-state index contributed by atoms with van der Waals surface area (Å²) in [5.74, 6) is 0.285. The molecule has 204 valence electrons. The van der Waals surface area contributed by atoms with Crippen molar-refractivity contribution < 1.29 is 16.8 Å². The Morgan fingerprint density at radius 1 is 0.622 bits per heavy atom. The van der Waals surface area contributed by atoms with Gasteiger partial charge in [0.15, 0.2) is 0 Å². The van der Waals surface area contributed by atoms with Crippen LogP contribution in [0.1, 0.15) is 40.3 Å². The summed E-state index contributed by atoms with van der Waals surface area (Å²) in [7, 11) is -7.51. The number of likely N-dealkylation sites (N-methyl/N-ethyl adjacent to an activating group) is 1. The number of allylic oxidation sites excluding steroid dienone is 1. The zero-order chi connectivity index (χ0) is 28.0. The number of benzene rings is 2. The first kappa shape index (κ1) is 31.2. The van der Waals surface area contributed by atoms with Crippen LogP contribution in [-0.4, -0.2) is 57.5 Å². The van der Waals surface area contributed by atoms with Gasteiger partial charge in [-0.15, -0.1) is 11.6 Å². The minimum atomic E-state index is -3.80. The van der Waals surface area contributed by atoms with Crippen molar-refractivity contribution in [2.24, 2.45) is 0 Å². The van der Waals surface area contributed by atoms with Gasteiger partial charge in [-0.3, -0.25) is 0 Å². The van der Waals surface area contributed by atoms with Crippen LogP contribution in [0.4, 0.5) is 0 Å². The second kappa shape index (κ2) is 13.2. The summed E-state index contributed by atoms with van der Waals surface area (Å²) in [5, 5.41) is 0. The van der Waals surface area contributed by atoms with E-state index >= 15 is 0 Å². The van der Waals surface area contributed by atoms with Gasteiger partial charge in [-0.25, -0.2) is 16.8 Å². The summed E-state index contributed by atoms with van der Waals surface area (Å²) >= 11 is 5.75. The average molecular weight is 567 g/mol. The van der Waals surface area contributed by atoms with E-state index in [1.54, 1.807) is 45.1 Å². The van der Waals surface area contributed by atoms with Crippen molar-refractivity contribution in [3.63, 3.8) is 0 Å². The average Bonchev–Trinajstić information content (AvgIpc) is 2.75. The van der Waals surface area contributed by atoms with E-state index in [1.807, 2.05) is 52.0 Å². The molecule has 2 aromatic rings. The smallest absolute Gasteiger partial charge is 0.207 e. The highest BCUT2D eigenvalue weighted by molar-refractivity contribution is 7.89. The lowest BCUT2D eigenvalue weighted by Gasteiger charge is -2.23. The molecule has 2 aromatic carbocycles. The molecule has 0 saturated heterocycles. The van der Waals surface area contributed by atoms with Gasteiger partial charge in [-0.2, -0.15) is 8.61 Å². The van der Waals surface area contributed by atoms with E-state index in [0.29, 0.717) is 38.6 Å². The molecule has 0 heterocycles. The number of aryl methyl sites for hydroxylation is 6. The normalized spacial score (nSPS) is 13.0. The molecule has 0 atom stereocenters. The fourth-order valence-corrected chi connectivity index (χ4v) is 8.41. The molecule has 0 unspecified atom stereocenters. The summed E-state index contributed by atoms with van der Waals surface area (Å²) in [4.78, 5) is 0.628. The zero-order valence-corrected chi connectivity index (χ0v) is 25.3. The lowest BCUT2D eigenvalue weighted by molar-refractivity contribution is 0.455. The molecule has 0 amide bonds. The largest absolute Gasteiger partial charge is 0.244 e. The van der Waals surface area contributed by atoms with Crippen molar-refractivity contribution in [1.29, 1.82) is 0 Å². The topological polar surface area (TPSA) is 74.8 Å². The Balaban J connectivity index is 2.32. The van der Waals surface area contributed by atoms with E-state index in [4.69, 9.17) is 11.6 Å². The fourth-order valence-electron chi connectivity index (χ4n) is 4.71. The summed E-state index contributed by atoms with van der Waals surface area (Å²) in [6.45, 7) is 13.6. The summed E-state index contributed by atoms with van der Waals surface area (Å²) in [5.41, 5.74) is 4.84. The highest BCUT2D eigenvalue weighted by atomic mass is 35.5. The minimum absolute atomic E-state index is 0.0991. The Labute approximate surface area is 228 Å². The highest BCUT2D eigenvalue weighted by Crippen LogP contribution is 2.26. The molecule has 2 rings (SSSR count). The zero-order valence-electron chi connectivity index (χ0n) is 22.9. The lowest BCUT2D eigenvalue weighted by Crippen LogP contribution is -2.33. The SMILES string of the molecule is CCN(C/C=C\CN(C/C=C\CCl)S(=O)(=O)c1c(C)cc(C)cc1C)S(=O)(=O)c1c(C)cc(C)cc1C. The molecular weight excluding hydrogens is 528 g/mol. The summed E-state index contributed by atoms with van der Waals surface area (Å²) in [6, 6.07) is 7.47. The Morgan fingerprint density at radius 3 is 1.30 bits per heavy atom. The van der Waals surface area contributed by atoms with Gasteiger partial charge < -0.3 is 0 Å². The van der Waals surface area contributed by atoms with E-state index in [2.05, 4.69) is 0 Å². The van der Waals surface area contributed by atoms with Gasteiger partial charge in [0.2, 0.25) is 20.0 Å². The van der Waals surface area contributed by atoms with Gasteiger partial charge in [-0.1, -0.05) is 66.6 Å². The highest BCUT2D eigenvalue weighted by Gasteiger charge is 2.28. The van der Waals surface area contributed by atoms with Crippen molar-refractivity contribution in [3.05, 3.63) is 82.0 Å². The number of alkyl halides is 1. The molecule has 0 spiro atoms. The molecule has 0 bridgehead atoms. The molecule has 0 aromatic heterocycles. The van der Waals surface area contributed by atoms with Crippen molar-refractivity contribution in [2.45, 2.75) is 58.3 Å². The summed E-state index contributed by atoms with van der Waals surface area (Å²) < 4.78 is 56.9. The molecule has 0 aliphatic heterocycles. The second-order valence-corrected chi connectivity index (χ2v) is 13.4. The predicted octanol–water partition coefficient (Wildman–Crippen LogP) is 5.59. The van der Waals surface area contributed by atoms with Crippen LogP contribution in [0, 0.1) is 41.5 Å². The van der Waals surface area contributed by atoms with Gasteiger partial charge in [0, 0.05) is 32.1 Å². The van der Waals surface area contributed by atoms with Gasteiger partial charge in [-0.05, 0) is 63.8 Å². The third kappa shape index (κ3) is 7.54. The van der Waals surface area contributed by atoms with E-state index in [-0.39, 0.29) is 25.5 Å². The third-order valence-corrected chi connectivity index (χ3v) is 10.7. The van der Waals surface area contributed by atoms with E-state index in [1.165, 1.54) is 8.61 Å². The first-order valence-corrected chi connectivity index (χ1v) is 15.7. The first-order chi connectivity index (χ1) is 17.3. The fraction of sp³-hybridized carbons (Fsp3) is 0.429. The number of rotatable bonds is 12. The molecule has 6 nitrogen and oxygen atoms in total. The molecule has 0 N–H and O–H groups in total. The van der Waals surface area contributed by atoms with Crippen LogP contribution in [0.25, 0.3) is 0 Å². The van der Waals surface area contributed by atoms with Crippen LogP contribution in [0.5, 0.6) is 0 Å². The Hall–Kier alpha value is -1.97. The van der Waals surface area contributed by atoms with Crippen molar-refractivity contribution in [1.82, 2.24) is 8.61 Å². The molecule has 0 fully saturated rings. The van der Waals surface area contributed by atoms with Crippen molar-refractivity contribution in [3.8, 4) is 0 Å². The van der Waals surface area contributed by atoms with Crippen LogP contribution in [-0.2, 0) is 20.0 Å².